The summed E-state index contributed by atoms with van der Waals surface area (Å²) in [6.07, 6.45) is 5.20. The third kappa shape index (κ3) is 4.46. The summed E-state index contributed by atoms with van der Waals surface area (Å²) in [7, 11) is 1.61. The van der Waals surface area contributed by atoms with Crippen LogP contribution in [0.25, 0.3) is 5.82 Å². The van der Waals surface area contributed by atoms with Crippen LogP contribution >= 0.6 is 0 Å². The molecular formula is C19H20N4O3. The number of amides is 1. The molecule has 0 fully saturated rings. The quantitative estimate of drug-likeness (QED) is 0.629. The van der Waals surface area contributed by atoms with E-state index >= 15 is 0 Å². The Morgan fingerprint density at radius 2 is 2.08 bits per heavy atom. The average molecular weight is 352 g/mol. The van der Waals surface area contributed by atoms with Gasteiger partial charge in [-0.15, -0.1) is 0 Å². The molecule has 2 heterocycles. The van der Waals surface area contributed by atoms with Crippen LogP contribution in [0, 0.1) is 0 Å². The fourth-order valence-corrected chi connectivity index (χ4v) is 2.42. The lowest BCUT2D eigenvalue weighted by Crippen LogP contribution is -2.24. The monoisotopic (exact) mass is 352 g/mol. The first-order chi connectivity index (χ1) is 12.8. The van der Waals surface area contributed by atoms with Crippen LogP contribution in [0.15, 0.2) is 61.1 Å². The van der Waals surface area contributed by atoms with Crippen molar-refractivity contribution in [2.75, 3.05) is 20.3 Å². The predicted octanol–water partition coefficient (Wildman–Crippen LogP) is 2.22. The standard InChI is InChI=1S/C19H20N4O3/c1-25-11-12-26-17-7-2-5-15(13-17)19(24)21-14-16-6-3-8-20-18(16)23-10-4-9-22-23/h2-10,13H,11-12,14H2,1H3,(H,21,24). The molecule has 0 radical (unpaired) electrons. The average Bonchev–Trinajstić information content (AvgIpc) is 3.21. The zero-order valence-corrected chi connectivity index (χ0v) is 14.5. The highest BCUT2D eigenvalue weighted by Gasteiger charge is 2.10. The lowest BCUT2D eigenvalue weighted by Gasteiger charge is -2.11. The number of nitrogens with one attached hydrogen (secondary N) is 1. The number of benzene rings is 1. The van der Waals surface area contributed by atoms with Gasteiger partial charge in [0.1, 0.15) is 12.4 Å². The van der Waals surface area contributed by atoms with Gasteiger partial charge in [0.05, 0.1) is 6.61 Å². The molecule has 1 aromatic carbocycles. The Labute approximate surface area is 151 Å². The number of rotatable bonds is 8. The molecule has 2 aromatic heterocycles. The molecule has 0 bridgehead atoms. The fourth-order valence-electron chi connectivity index (χ4n) is 2.42. The van der Waals surface area contributed by atoms with Crippen molar-refractivity contribution in [1.29, 1.82) is 0 Å². The van der Waals surface area contributed by atoms with E-state index in [-0.39, 0.29) is 5.91 Å². The van der Waals surface area contributed by atoms with Gasteiger partial charge in [-0.2, -0.15) is 5.10 Å². The zero-order chi connectivity index (χ0) is 18.2. The van der Waals surface area contributed by atoms with Crippen LogP contribution in [0.1, 0.15) is 15.9 Å². The molecule has 3 aromatic rings. The van der Waals surface area contributed by atoms with Gasteiger partial charge in [0.25, 0.3) is 5.91 Å². The van der Waals surface area contributed by atoms with Crippen LogP contribution in [-0.4, -0.2) is 41.0 Å². The lowest BCUT2D eigenvalue weighted by atomic mass is 10.2. The minimum Gasteiger partial charge on any atom is -0.491 e. The number of aromatic nitrogens is 3. The molecule has 0 unspecified atom stereocenters. The van der Waals surface area contributed by atoms with E-state index in [9.17, 15) is 4.79 Å². The topological polar surface area (TPSA) is 78.3 Å². The van der Waals surface area contributed by atoms with E-state index in [1.54, 1.807) is 42.4 Å². The molecule has 0 aliphatic carbocycles. The molecule has 0 saturated heterocycles. The Bertz CT molecular complexity index is 850. The van der Waals surface area contributed by atoms with Gasteiger partial charge in [-0.1, -0.05) is 12.1 Å². The third-order valence-corrected chi connectivity index (χ3v) is 3.68. The minimum atomic E-state index is -0.183. The van der Waals surface area contributed by atoms with Gasteiger partial charge in [-0.05, 0) is 30.3 Å². The summed E-state index contributed by atoms with van der Waals surface area (Å²) in [5.74, 6) is 1.14. The zero-order valence-electron chi connectivity index (χ0n) is 14.5. The van der Waals surface area contributed by atoms with Gasteiger partial charge in [0, 0.05) is 43.4 Å². The second kappa shape index (κ2) is 8.77. The Morgan fingerprint density at radius 1 is 1.15 bits per heavy atom. The Morgan fingerprint density at radius 3 is 2.88 bits per heavy atom. The van der Waals surface area contributed by atoms with Gasteiger partial charge in [0.15, 0.2) is 5.82 Å². The van der Waals surface area contributed by atoms with Crippen molar-refractivity contribution in [2.45, 2.75) is 6.54 Å². The highest BCUT2D eigenvalue weighted by atomic mass is 16.5. The molecule has 26 heavy (non-hydrogen) atoms. The van der Waals surface area contributed by atoms with E-state index in [0.717, 1.165) is 5.56 Å². The Hall–Kier alpha value is -3.19. The third-order valence-electron chi connectivity index (χ3n) is 3.68. The van der Waals surface area contributed by atoms with Crippen molar-refractivity contribution in [2.24, 2.45) is 0 Å². The summed E-state index contributed by atoms with van der Waals surface area (Å²) in [5.41, 5.74) is 1.40. The first-order valence-corrected chi connectivity index (χ1v) is 8.22. The first kappa shape index (κ1) is 17.6. The molecule has 7 nitrogen and oxygen atoms in total. The molecule has 0 aliphatic heterocycles. The Balaban J connectivity index is 1.66. The molecule has 1 amide bonds. The first-order valence-electron chi connectivity index (χ1n) is 8.22. The second-order valence-corrected chi connectivity index (χ2v) is 5.49. The van der Waals surface area contributed by atoms with Crippen LogP contribution in [-0.2, 0) is 11.3 Å². The van der Waals surface area contributed by atoms with Crippen LogP contribution in [0.5, 0.6) is 5.75 Å². The van der Waals surface area contributed by atoms with Crippen LogP contribution in [0.2, 0.25) is 0 Å². The normalized spacial score (nSPS) is 10.5. The fraction of sp³-hybridized carbons (Fsp3) is 0.211. The van der Waals surface area contributed by atoms with E-state index in [2.05, 4.69) is 15.4 Å². The summed E-state index contributed by atoms with van der Waals surface area (Å²) < 4.78 is 12.2. The van der Waals surface area contributed by atoms with E-state index in [4.69, 9.17) is 9.47 Å². The highest BCUT2D eigenvalue weighted by Crippen LogP contribution is 2.14. The summed E-state index contributed by atoms with van der Waals surface area (Å²) in [4.78, 5) is 16.8. The van der Waals surface area contributed by atoms with Crippen molar-refractivity contribution in [3.63, 3.8) is 0 Å². The maximum Gasteiger partial charge on any atom is 0.251 e. The van der Waals surface area contributed by atoms with E-state index < -0.39 is 0 Å². The molecule has 0 aliphatic rings. The minimum absolute atomic E-state index is 0.183. The van der Waals surface area contributed by atoms with Gasteiger partial charge in [-0.25, -0.2) is 9.67 Å². The van der Waals surface area contributed by atoms with Crippen LogP contribution in [0.4, 0.5) is 0 Å². The van der Waals surface area contributed by atoms with Crippen molar-refractivity contribution in [1.82, 2.24) is 20.1 Å². The van der Waals surface area contributed by atoms with Crippen molar-refractivity contribution >= 4 is 5.91 Å². The van der Waals surface area contributed by atoms with Gasteiger partial charge in [0.2, 0.25) is 0 Å². The maximum atomic E-state index is 12.5. The van der Waals surface area contributed by atoms with Crippen molar-refractivity contribution < 1.29 is 14.3 Å². The Kier molecular flexibility index (Phi) is 5.95. The summed E-state index contributed by atoms with van der Waals surface area (Å²) in [6, 6.07) is 12.6. The molecular weight excluding hydrogens is 332 g/mol. The van der Waals surface area contributed by atoms with Crippen molar-refractivity contribution in [3.8, 4) is 11.6 Å². The number of nitrogens with zero attached hydrogens (tertiary/aromatic N) is 3. The summed E-state index contributed by atoms with van der Waals surface area (Å²) in [5, 5.41) is 7.11. The smallest absolute Gasteiger partial charge is 0.251 e. The van der Waals surface area contributed by atoms with Gasteiger partial charge in [-0.3, -0.25) is 4.79 Å². The molecule has 134 valence electrons. The molecule has 0 spiro atoms. The largest absolute Gasteiger partial charge is 0.491 e. The number of hydrogen-bond acceptors (Lipinski definition) is 5. The molecule has 0 saturated carbocycles. The molecule has 1 N–H and O–H groups in total. The SMILES string of the molecule is COCCOc1cccc(C(=O)NCc2cccnc2-n2cccn2)c1. The van der Waals surface area contributed by atoms with Crippen molar-refractivity contribution in [3.05, 3.63) is 72.2 Å². The van der Waals surface area contributed by atoms with E-state index in [1.807, 2.05) is 30.5 Å². The molecule has 0 atom stereocenters. The van der Waals surface area contributed by atoms with Crippen LogP contribution < -0.4 is 10.1 Å². The lowest BCUT2D eigenvalue weighted by molar-refractivity contribution is 0.0950. The maximum absolute atomic E-state index is 12.5. The number of ether oxygens (including phenoxy) is 2. The number of pyridine rings is 1. The van der Waals surface area contributed by atoms with Crippen LogP contribution in [0.3, 0.4) is 0 Å². The second-order valence-electron chi connectivity index (χ2n) is 5.49. The molecule has 7 heteroatoms. The number of methoxy groups -OCH3 is 1. The predicted molar refractivity (Wildman–Crippen MR) is 96.3 cm³/mol. The van der Waals surface area contributed by atoms with Gasteiger partial charge < -0.3 is 14.8 Å². The number of carbonyl (C=O) groups excluding carboxylic acids is 1. The number of hydrogen-bond donors (Lipinski definition) is 1. The molecule has 3 rings (SSSR count). The van der Waals surface area contributed by atoms with Gasteiger partial charge >= 0.3 is 0 Å². The highest BCUT2D eigenvalue weighted by molar-refractivity contribution is 5.94. The summed E-state index contributed by atoms with van der Waals surface area (Å²) >= 11 is 0. The summed E-state index contributed by atoms with van der Waals surface area (Å²) in [6.45, 7) is 1.27. The number of carbonyl (C=O) groups is 1. The van der Waals surface area contributed by atoms with E-state index in [1.165, 1.54) is 0 Å². The van der Waals surface area contributed by atoms with E-state index in [0.29, 0.717) is 36.9 Å².